The predicted octanol–water partition coefficient (Wildman–Crippen LogP) is 1.37. The number of aromatic nitrogens is 2. The number of nitrogen functional groups attached to an aromatic ring is 1. The van der Waals surface area contributed by atoms with E-state index in [0.29, 0.717) is 5.69 Å². The van der Waals surface area contributed by atoms with E-state index in [4.69, 9.17) is 15.2 Å². The molecule has 1 aromatic heterocycles. The van der Waals surface area contributed by atoms with E-state index < -0.39 is 5.97 Å². The lowest BCUT2D eigenvalue weighted by molar-refractivity contribution is 0.0461. The zero-order valence-electron chi connectivity index (χ0n) is 10.8. The molecule has 0 bridgehead atoms. The lowest BCUT2D eigenvalue weighted by atomic mass is 10.2. The SMILES string of the molecule is COc1ccc(COC(=O)c2c(N)cnn2C)cc1. The Hall–Kier alpha value is -2.50. The van der Waals surface area contributed by atoms with Crippen molar-refractivity contribution in [3.05, 3.63) is 41.7 Å². The minimum absolute atomic E-state index is 0.174. The summed E-state index contributed by atoms with van der Waals surface area (Å²) in [6.45, 7) is 0.174. The van der Waals surface area contributed by atoms with Gasteiger partial charge in [0.1, 0.15) is 12.4 Å². The molecular formula is C13H15N3O3. The van der Waals surface area contributed by atoms with Gasteiger partial charge in [0, 0.05) is 7.05 Å². The van der Waals surface area contributed by atoms with E-state index in [2.05, 4.69) is 5.10 Å². The molecule has 0 saturated carbocycles. The molecule has 0 atom stereocenters. The molecule has 0 aliphatic carbocycles. The van der Waals surface area contributed by atoms with Crippen molar-refractivity contribution in [1.82, 2.24) is 9.78 Å². The number of aryl methyl sites for hydroxylation is 1. The van der Waals surface area contributed by atoms with Crippen LogP contribution in [0.15, 0.2) is 30.5 Å². The summed E-state index contributed by atoms with van der Waals surface area (Å²) >= 11 is 0. The van der Waals surface area contributed by atoms with Crippen molar-refractivity contribution in [3.63, 3.8) is 0 Å². The lowest BCUT2D eigenvalue weighted by Crippen LogP contribution is -2.12. The molecule has 0 radical (unpaired) electrons. The van der Waals surface area contributed by atoms with E-state index in [1.807, 2.05) is 24.3 Å². The second-order valence-corrected chi connectivity index (χ2v) is 4.00. The van der Waals surface area contributed by atoms with Gasteiger partial charge in [-0.1, -0.05) is 12.1 Å². The second kappa shape index (κ2) is 5.43. The fraction of sp³-hybridized carbons (Fsp3) is 0.231. The summed E-state index contributed by atoms with van der Waals surface area (Å²) in [7, 11) is 3.24. The summed E-state index contributed by atoms with van der Waals surface area (Å²) in [6, 6.07) is 7.28. The highest BCUT2D eigenvalue weighted by Gasteiger charge is 2.16. The molecule has 0 aliphatic rings. The molecular weight excluding hydrogens is 246 g/mol. The van der Waals surface area contributed by atoms with E-state index in [-0.39, 0.29) is 12.3 Å². The van der Waals surface area contributed by atoms with Crippen LogP contribution in [0.1, 0.15) is 16.1 Å². The van der Waals surface area contributed by atoms with Crippen molar-refractivity contribution in [3.8, 4) is 5.75 Å². The van der Waals surface area contributed by atoms with Crippen LogP contribution in [0.25, 0.3) is 0 Å². The quantitative estimate of drug-likeness (QED) is 0.841. The van der Waals surface area contributed by atoms with Crippen LogP contribution < -0.4 is 10.5 Å². The third-order valence-electron chi connectivity index (χ3n) is 2.69. The number of hydrogen-bond acceptors (Lipinski definition) is 5. The Labute approximate surface area is 110 Å². The Morgan fingerprint density at radius 1 is 1.37 bits per heavy atom. The third kappa shape index (κ3) is 2.85. The monoisotopic (exact) mass is 261 g/mol. The molecule has 6 heteroatoms. The fourth-order valence-corrected chi connectivity index (χ4v) is 1.64. The van der Waals surface area contributed by atoms with Gasteiger partial charge in [-0.3, -0.25) is 4.68 Å². The molecule has 100 valence electrons. The van der Waals surface area contributed by atoms with Crippen LogP contribution in [0.3, 0.4) is 0 Å². The number of hydrogen-bond donors (Lipinski definition) is 1. The van der Waals surface area contributed by atoms with Gasteiger partial charge >= 0.3 is 5.97 Å². The first kappa shape index (κ1) is 12.9. The fourth-order valence-electron chi connectivity index (χ4n) is 1.64. The summed E-state index contributed by atoms with van der Waals surface area (Å²) in [5.74, 6) is 0.263. The number of esters is 1. The van der Waals surface area contributed by atoms with Gasteiger partial charge in [0.15, 0.2) is 5.69 Å². The molecule has 0 amide bonds. The average molecular weight is 261 g/mol. The number of carbonyl (C=O) groups excluding carboxylic acids is 1. The summed E-state index contributed by atoms with van der Waals surface area (Å²) < 4.78 is 11.6. The highest BCUT2D eigenvalue weighted by Crippen LogP contribution is 2.14. The van der Waals surface area contributed by atoms with Gasteiger partial charge in [-0.25, -0.2) is 4.79 Å². The number of ether oxygens (including phenoxy) is 2. The van der Waals surface area contributed by atoms with E-state index >= 15 is 0 Å². The van der Waals surface area contributed by atoms with E-state index in [1.165, 1.54) is 10.9 Å². The third-order valence-corrected chi connectivity index (χ3v) is 2.69. The molecule has 6 nitrogen and oxygen atoms in total. The van der Waals surface area contributed by atoms with Gasteiger partial charge in [0.05, 0.1) is 19.0 Å². The molecule has 2 aromatic rings. The number of nitrogens with two attached hydrogens (primary N) is 1. The van der Waals surface area contributed by atoms with Gasteiger partial charge in [-0.05, 0) is 17.7 Å². The van der Waals surface area contributed by atoms with Crippen molar-refractivity contribution < 1.29 is 14.3 Å². The topological polar surface area (TPSA) is 79.4 Å². The minimum atomic E-state index is -0.492. The van der Waals surface area contributed by atoms with Crippen molar-refractivity contribution in [2.45, 2.75) is 6.61 Å². The average Bonchev–Trinajstić information content (AvgIpc) is 2.76. The summed E-state index contributed by atoms with van der Waals surface area (Å²) in [5.41, 5.74) is 7.08. The van der Waals surface area contributed by atoms with Crippen LogP contribution in [0.5, 0.6) is 5.75 Å². The molecule has 1 aromatic carbocycles. The zero-order chi connectivity index (χ0) is 13.8. The Kier molecular flexibility index (Phi) is 3.70. The molecule has 0 spiro atoms. The molecule has 2 N–H and O–H groups in total. The Balaban J connectivity index is 2.00. The smallest absolute Gasteiger partial charge is 0.359 e. The molecule has 0 unspecified atom stereocenters. The highest BCUT2D eigenvalue weighted by atomic mass is 16.5. The molecule has 2 rings (SSSR count). The maximum Gasteiger partial charge on any atom is 0.359 e. The van der Waals surface area contributed by atoms with Crippen LogP contribution in [0, 0.1) is 0 Å². The number of methoxy groups -OCH3 is 1. The maximum atomic E-state index is 11.9. The lowest BCUT2D eigenvalue weighted by Gasteiger charge is -2.06. The first-order valence-corrected chi connectivity index (χ1v) is 5.69. The van der Waals surface area contributed by atoms with Gasteiger partial charge in [-0.2, -0.15) is 5.10 Å². The van der Waals surface area contributed by atoms with Crippen molar-refractivity contribution in [2.24, 2.45) is 7.05 Å². The van der Waals surface area contributed by atoms with Gasteiger partial charge < -0.3 is 15.2 Å². The summed E-state index contributed by atoms with van der Waals surface area (Å²) in [4.78, 5) is 11.9. The standard InChI is InChI=1S/C13H15N3O3/c1-16-12(11(14)7-15-16)13(17)19-8-9-3-5-10(18-2)6-4-9/h3-7H,8,14H2,1-2H3. The van der Waals surface area contributed by atoms with E-state index in [0.717, 1.165) is 11.3 Å². The van der Waals surface area contributed by atoms with E-state index in [9.17, 15) is 4.79 Å². The van der Waals surface area contributed by atoms with Crippen molar-refractivity contribution >= 4 is 11.7 Å². The van der Waals surface area contributed by atoms with Crippen LogP contribution in [-0.4, -0.2) is 22.9 Å². The van der Waals surface area contributed by atoms with Gasteiger partial charge in [0.2, 0.25) is 0 Å². The second-order valence-electron chi connectivity index (χ2n) is 4.00. The highest BCUT2D eigenvalue weighted by molar-refractivity contribution is 5.92. The number of benzene rings is 1. The molecule has 0 fully saturated rings. The van der Waals surface area contributed by atoms with E-state index in [1.54, 1.807) is 14.2 Å². The van der Waals surface area contributed by atoms with Crippen LogP contribution in [0.2, 0.25) is 0 Å². The Bertz CT molecular complexity index is 556. The first-order valence-electron chi connectivity index (χ1n) is 5.69. The van der Waals surface area contributed by atoms with Crippen LogP contribution in [-0.2, 0) is 18.4 Å². The number of carbonyl (C=O) groups is 1. The van der Waals surface area contributed by atoms with Gasteiger partial charge in [0.25, 0.3) is 0 Å². The predicted molar refractivity (Wildman–Crippen MR) is 69.7 cm³/mol. The summed E-state index contributed by atoms with van der Waals surface area (Å²) in [6.07, 6.45) is 1.42. The minimum Gasteiger partial charge on any atom is -0.497 e. The van der Waals surface area contributed by atoms with Crippen LogP contribution in [0.4, 0.5) is 5.69 Å². The molecule has 0 saturated heterocycles. The first-order chi connectivity index (χ1) is 9.11. The maximum absolute atomic E-state index is 11.9. The largest absolute Gasteiger partial charge is 0.497 e. The normalized spacial score (nSPS) is 10.2. The van der Waals surface area contributed by atoms with Crippen molar-refractivity contribution in [2.75, 3.05) is 12.8 Å². The molecule has 19 heavy (non-hydrogen) atoms. The number of anilines is 1. The van der Waals surface area contributed by atoms with Crippen LogP contribution >= 0.6 is 0 Å². The zero-order valence-corrected chi connectivity index (χ0v) is 10.8. The Morgan fingerprint density at radius 2 is 2.05 bits per heavy atom. The number of rotatable bonds is 4. The Morgan fingerprint density at radius 3 is 2.58 bits per heavy atom. The number of nitrogens with zero attached hydrogens (tertiary/aromatic N) is 2. The van der Waals surface area contributed by atoms with Gasteiger partial charge in [-0.15, -0.1) is 0 Å². The molecule has 1 heterocycles. The summed E-state index contributed by atoms with van der Waals surface area (Å²) in [5, 5.41) is 3.89. The van der Waals surface area contributed by atoms with Crippen molar-refractivity contribution in [1.29, 1.82) is 0 Å². The molecule has 0 aliphatic heterocycles.